The van der Waals surface area contributed by atoms with Gasteiger partial charge in [-0.15, -0.1) is 11.3 Å². The Morgan fingerprint density at radius 1 is 1.07 bits per heavy atom. The Bertz CT molecular complexity index is 992. The predicted octanol–water partition coefficient (Wildman–Crippen LogP) is 4.70. The molecule has 0 bridgehead atoms. The molecule has 4 rings (SSSR count). The first-order valence-electron chi connectivity index (χ1n) is 8.83. The van der Waals surface area contributed by atoms with Crippen LogP contribution in [0, 0.1) is 12.7 Å². The molecular formula is C22H20FN2OS+. The zero-order valence-electron chi connectivity index (χ0n) is 14.9. The van der Waals surface area contributed by atoms with Gasteiger partial charge in [0, 0.05) is 11.1 Å². The van der Waals surface area contributed by atoms with E-state index in [1.165, 1.54) is 28.1 Å². The molecular weight excluding hydrogens is 359 g/mol. The van der Waals surface area contributed by atoms with Crippen LogP contribution in [0.4, 0.5) is 4.39 Å². The quantitative estimate of drug-likeness (QED) is 0.527. The van der Waals surface area contributed by atoms with E-state index in [4.69, 9.17) is 4.42 Å². The van der Waals surface area contributed by atoms with Crippen LogP contribution in [0.1, 0.15) is 27.9 Å². The first-order chi connectivity index (χ1) is 13.2. The molecule has 0 saturated heterocycles. The molecule has 2 aromatic heterocycles. The van der Waals surface area contributed by atoms with Gasteiger partial charge in [-0.1, -0.05) is 35.9 Å². The Balaban J connectivity index is 1.51. The molecule has 0 aliphatic heterocycles. The second-order valence-corrected chi connectivity index (χ2v) is 7.45. The third kappa shape index (κ3) is 4.15. The lowest BCUT2D eigenvalue weighted by Crippen LogP contribution is -2.83. The van der Waals surface area contributed by atoms with Crippen molar-refractivity contribution in [3.63, 3.8) is 0 Å². The highest BCUT2D eigenvalue weighted by Gasteiger charge is 2.20. The molecule has 27 heavy (non-hydrogen) atoms. The Morgan fingerprint density at radius 2 is 1.85 bits per heavy atom. The number of halogens is 1. The van der Waals surface area contributed by atoms with Crippen LogP contribution in [-0.2, 0) is 6.54 Å². The van der Waals surface area contributed by atoms with E-state index < -0.39 is 0 Å². The molecule has 0 saturated carbocycles. The number of thiophene rings is 1. The predicted molar refractivity (Wildman–Crippen MR) is 105 cm³/mol. The number of aromatic nitrogens is 1. The second kappa shape index (κ2) is 7.86. The van der Waals surface area contributed by atoms with Crippen molar-refractivity contribution in [3.8, 4) is 11.3 Å². The number of aryl methyl sites for hydroxylation is 1. The molecule has 0 unspecified atom stereocenters. The van der Waals surface area contributed by atoms with Gasteiger partial charge in [0.05, 0.1) is 11.1 Å². The van der Waals surface area contributed by atoms with Gasteiger partial charge < -0.3 is 9.73 Å². The number of oxazole rings is 1. The van der Waals surface area contributed by atoms with E-state index in [1.54, 1.807) is 29.7 Å². The standard InChI is InChI=1S/C22H19FN2OS/c1-15-4-6-17(7-5-15)22(20-3-2-12-27-20)25-14-21-24-13-19(26-21)16-8-10-18(23)11-9-16/h2-13,22,25H,14H2,1H3/p+1/t22-/m0/s1. The van der Waals surface area contributed by atoms with Gasteiger partial charge in [0.1, 0.15) is 11.9 Å². The minimum Gasteiger partial charge on any atom is -0.435 e. The van der Waals surface area contributed by atoms with Crippen LogP contribution in [0.2, 0.25) is 0 Å². The number of hydrogen-bond acceptors (Lipinski definition) is 3. The first-order valence-corrected chi connectivity index (χ1v) is 9.71. The summed E-state index contributed by atoms with van der Waals surface area (Å²) in [5.41, 5.74) is 3.33. The van der Waals surface area contributed by atoms with Crippen LogP contribution >= 0.6 is 11.3 Å². The average Bonchev–Trinajstić information content (AvgIpc) is 3.36. The monoisotopic (exact) mass is 379 g/mol. The highest BCUT2D eigenvalue weighted by atomic mass is 32.1. The third-order valence-corrected chi connectivity index (χ3v) is 5.45. The zero-order valence-corrected chi connectivity index (χ0v) is 15.7. The Kier molecular flexibility index (Phi) is 5.14. The molecule has 2 heterocycles. The van der Waals surface area contributed by atoms with Crippen LogP contribution < -0.4 is 5.32 Å². The maximum absolute atomic E-state index is 13.1. The fourth-order valence-electron chi connectivity index (χ4n) is 3.03. The lowest BCUT2D eigenvalue weighted by molar-refractivity contribution is -0.703. The van der Waals surface area contributed by atoms with Gasteiger partial charge in [0.15, 0.2) is 12.3 Å². The van der Waals surface area contributed by atoms with Gasteiger partial charge in [0.2, 0.25) is 0 Å². The molecule has 0 radical (unpaired) electrons. The highest BCUT2D eigenvalue weighted by Crippen LogP contribution is 2.24. The molecule has 0 aliphatic rings. The molecule has 1 atom stereocenters. The van der Waals surface area contributed by atoms with E-state index >= 15 is 0 Å². The fourth-order valence-corrected chi connectivity index (χ4v) is 3.88. The van der Waals surface area contributed by atoms with Gasteiger partial charge in [0.25, 0.3) is 5.89 Å². The minimum absolute atomic E-state index is 0.201. The Labute approximate surface area is 161 Å². The lowest BCUT2D eigenvalue weighted by Gasteiger charge is -2.14. The number of benzene rings is 2. The van der Waals surface area contributed by atoms with Crippen molar-refractivity contribution in [2.24, 2.45) is 0 Å². The molecule has 0 amide bonds. The van der Waals surface area contributed by atoms with Crippen LogP contribution in [0.5, 0.6) is 0 Å². The maximum atomic E-state index is 13.1. The van der Waals surface area contributed by atoms with E-state index in [1.807, 2.05) is 0 Å². The van der Waals surface area contributed by atoms with E-state index in [9.17, 15) is 4.39 Å². The summed E-state index contributed by atoms with van der Waals surface area (Å²) in [6, 6.07) is 19.3. The largest absolute Gasteiger partial charge is 0.435 e. The Hall–Kier alpha value is -2.76. The van der Waals surface area contributed by atoms with Gasteiger partial charge in [-0.05, 0) is 42.6 Å². The molecule has 2 aromatic carbocycles. The number of hydrogen-bond donors (Lipinski definition) is 1. The van der Waals surface area contributed by atoms with Crippen molar-refractivity contribution < 1.29 is 14.1 Å². The van der Waals surface area contributed by atoms with Crippen molar-refractivity contribution in [1.82, 2.24) is 4.98 Å². The number of quaternary nitrogens is 1. The van der Waals surface area contributed by atoms with Gasteiger partial charge in [-0.3, -0.25) is 0 Å². The number of nitrogens with zero attached hydrogens (tertiary/aromatic N) is 1. The summed E-state index contributed by atoms with van der Waals surface area (Å²) in [4.78, 5) is 5.68. The molecule has 0 spiro atoms. The molecule has 3 nitrogen and oxygen atoms in total. The van der Waals surface area contributed by atoms with Crippen molar-refractivity contribution in [3.05, 3.63) is 100.0 Å². The summed E-state index contributed by atoms with van der Waals surface area (Å²) < 4.78 is 19.0. The van der Waals surface area contributed by atoms with E-state index in [0.717, 1.165) is 5.56 Å². The summed E-state index contributed by atoms with van der Waals surface area (Å²) in [6.45, 7) is 2.72. The maximum Gasteiger partial charge on any atom is 0.250 e. The molecule has 2 N–H and O–H groups in total. The molecule has 0 fully saturated rings. The van der Waals surface area contributed by atoms with Crippen molar-refractivity contribution >= 4 is 11.3 Å². The topological polar surface area (TPSA) is 42.6 Å². The van der Waals surface area contributed by atoms with E-state index in [-0.39, 0.29) is 11.9 Å². The summed E-state index contributed by atoms with van der Waals surface area (Å²) in [5, 5.41) is 4.33. The smallest absolute Gasteiger partial charge is 0.250 e. The van der Waals surface area contributed by atoms with Crippen LogP contribution in [0.3, 0.4) is 0 Å². The SMILES string of the molecule is Cc1ccc([C@H]([NH2+]Cc2ncc(-c3ccc(F)cc3)o2)c2cccs2)cc1. The van der Waals surface area contributed by atoms with Gasteiger partial charge in [-0.2, -0.15) is 0 Å². The van der Waals surface area contributed by atoms with Gasteiger partial charge in [-0.25, -0.2) is 9.37 Å². The van der Waals surface area contributed by atoms with Crippen molar-refractivity contribution in [2.45, 2.75) is 19.5 Å². The lowest BCUT2D eigenvalue weighted by atomic mass is 10.0. The molecule has 136 valence electrons. The normalized spacial score (nSPS) is 12.2. The third-order valence-electron chi connectivity index (χ3n) is 4.50. The summed E-state index contributed by atoms with van der Waals surface area (Å²) >= 11 is 1.75. The van der Waals surface area contributed by atoms with Crippen LogP contribution in [0.25, 0.3) is 11.3 Å². The second-order valence-electron chi connectivity index (χ2n) is 6.47. The summed E-state index contributed by atoms with van der Waals surface area (Å²) in [7, 11) is 0. The van der Waals surface area contributed by atoms with Crippen molar-refractivity contribution in [1.29, 1.82) is 0 Å². The molecule has 5 heteroatoms. The van der Waals surface area contributed by atoms with Crippen molar-refractivity contribution in [2.75, 3.05) is 0 Å². The van der Waals surface area contributed by atoms with Crippen LogP contribution in [0.15, 0.2) is 76.7 Å². The van der Waals surface area contributed by atoms with E-state index in [2.05, 4.69) is 59.0 Å². The molecule has 4 aromatic rings. The summed E-state index contributed by atoms with van der Waals surface area (Å²) in [5.74, 6) is 1.05. The summed E-state index contributed by atoms with van der Waals surface area (Å²) in [6.07, 6.45) is 1.70. The average molecular weight is 379 g/mol. The number of nitrogens with two attached hydrogens (primary N) is 1. The molecule has 0 aliphatic carbocycles. The van der Waals surface area contributed by atoms with Crippen LogP contribution in [-0.4, -0.2) is 4.98 Å². The van der Waals surface area contributed by atoms with Gasteiger partial charge >= 0.3 is 0 Å². The fraction of sp³-hybridized carbons (Fsp3) is 0.136. The van der Waals surface area contributed by atoms with E-state index in [0.29, 0.717) is 18.2 Å². The Morgan fingerprint density at radius 3 is 2.56 bits per heavy atom. The zero-order chi connectivity index (χ0) is 18.6. The number of rotatable bonds is 6. The minimum atomic E-state index is -0.260. The first kappa shape index (κ1) is 17.6. The highest BCUT2D eigenvalue weighted by molar-refractivity contribution is 7.10.